The van der Waals surface area contributed by atoms with Crippen LogP contribution in [0.2, 0.25) is 5.02 Å². The molecule has 0 bridgehead atoms. The van der Waals surface area contributed by atoms with Crippen molar-refractivity contribution in [2.75, 3.05) is 16.0 Å². The molecule has 13 nitrogen and oxygen atoms in total. The van der Waals surface area contributed by atoms with Gasteiger partial charge in [-0.15, -0.1) is 4.98 Å². The second-order valence-corrected chi connectivity index (χ2v) is 7.27. The van der Waals surface area contributed by atoms with Gasteiger partial charge >= 0.3 is 12.1 Å². The van der Waals surface area contributed by atoms with E-state index in [-0.39, 0.29) is 34.6 Å². The largest absolute Gasteiger partial charge is 0.506 e. The molecular formula is C24H16ClN9O4. The molecule has 14 heteroatoms. The minimum absolute atomic E-state index is 0.115. The molecule has 0 atom stereocenters. The van der Waals surface area contributed by atoms with Gasteiger partial charge in [0, 0.05) is 5.02 Å². The van der Waals surface area contributed by atoms with Gasteiger partial charge in [-0.1, -0.05) is 36.4 Å². The molecule has 0 unspecified atom stereocenters. The number of carbonyl (C=O) groups is 2. The number of aromatic hydroxyl groups is 1. The molecule has 0 aliphatic rings. The minimum atomic E-state index is -0.661. The normalized spacial score (nSPS) is 9.45. The third-order valence-electron chi connectivity index (χ3n) is 4.15. The van der Waals surface area contributed by atoms with Crippen molar-refractivity contribution >= 4 is 46.9 Å². The minimum Gasteiger partial charge on any atom is -0.506 e. The van der Waals surface area contributed by atoms with E-state index < -0.39 is 12.1 Å². The fourth-order valence-electron chi connectivity index (χ4n) is 2.50. The number of hydrogen-bond donors (Lipinski definition) is 4. The fraction of sp³-hybridized carbons (Fsp3) is 0. The quantitative estimate of drug-likeness (QED) is 0.209. The average Bonchev–Trinajstić information content (AvgIpc) is 2.92. The number of halogens is 1. The molecular weight excluding hydrogens is 514 g/mol. The Balaban J connectivity index is 0.000000212. The second kappa shape index (κ2) is 13.3. The number of ether oxygens (including phenoxy) is 1. The van der Waals surface area contributed by atoms with Gasteiger partial charge in [0.25, 0.3) is 5.82 Å². The van der Waals surface area contributed by atoms with Crippen LogP contribution in [0.1, 0.15) is 5.69 Å². The maximum atomic E-state index is 11.7. The number of para-hydroxylation sites is 1. The van der Waals surface area contributed by atoms with Crippen LogP contribution in [0, 0.1) is 17.9 Å². The molecule has 188 valence electrons. The van der Waals surface area contributed by atoms with Crippen LogP contribution in [0.3, 0.4) is 0 Å². The summed E-state index contributed by atoms with van der Waals surface area (Å²) < 4.78 is 5.00. The zero-order valence-corrected chi connectivity index (χ0v) is 19.9. The van der Waals surface area contributed by atoms with Crippen molar-refractivity contribution in [1.82, 2.24) is 19.9 Å². The number of anilines is 3. The molecule has 38 heavy (non-hydrogen) atoms. The Bertz CT molecular complexity index is 1490. The first-order valence-corrected chi connectivity index (χ1v) is 10.8. The van der Waals surface area contributed by atoms with Gasteiger partial charge in [-0.3, -0.25) is 10.6 Å². The topological polar surface area (TPSA) is 179 Å². The SMILES string of the molecule is N#Cc1cnc(NC(=O)Nc2cc(Cl)ccc2O)cn1.[C-]#[N+]c1cnc(NC(=O)Oc2ccccc2)cn1. The summed E-state index contributed by atoms with van der Waals surface area (Å²) in [6.07, 6.45) is 4.37. The van der Waals surface area contributed by atoms with E-state index in [1.54, 1.807) is 24.3 Å². The van der Waals surface area contributed by atoms with Crippen molar-refractivity contribution in [2.45, 2.75) is 0 Å². The van der Waals surface area contributed by atoms with Gasteiger partial charge in [0.2, 0.25) is 0 Å². The number of hydrogen-bond acceptors (Lipinski definition) is 9. The third kappa shape index (κ3) is 8.46. The zero-order valence-electron chi connectivity index (χ0n) is 19.2. The Morgan fingerprint density at radius 3 is 2.29 bits per heavy atom. The molecule has 0 saturated heterocycles. The molecule has 0 spiro atoms. The maximum Gasteiger partial charge on any atom is 0.418 e. The highest BCUT2D eigenvalue weighted by Gasteiger charge is 2.09. The number of phenolic OH excluding ortho intramolecular Hbond substituents is 1. The van der Waals surface area contributed by atoms with E-state index in [2.05, 4.69) is 40.7 Å². The van der Waals surface area contributed by atoms with Crippen molar-refractivity contribution in [3.63, 3.8) is 0 Å². The van der Waals surface area contributed by atoms with Crippen LogP contribution in [-0.2, 0) is 0 Å². The van der Waals surface area contributed by atoms with Gasteiger partial charge in [0.1, 0.15) is 17.6 Å². The van der Waals surface area contributed by atoms with E-state index in [1.165, 1.54) is 43.0 Å². The Morgan fingerprint density at radius 1 is 0.947 bits per heavy atom. The number of nitrogens with one attached hydrogen (secondary N) is 3. The van der Waals surface area contributed by atoms with Gasteiger partial charge in [0.15, 0.2) is 23.5 Å². The van der Waals surface area contributed by atoms with E-state index in [9.17, 15) is 14.7 Å². The maximum absolute atomic E-state index is 11.7. The number of phenols is 1. The summed E-state index contributed by atoms with van der Waals surface area (Å²) in [6, 6.07) is 14.1. The Kier molecular flexibility index (Phi) is 9.41. The number of aromatic nitrogens is 4. The summed E-state index contributed by atoms with van der Waals surface area (Å²) in [5.41, 5.74) is 0.306. The van der Waals surface area contributed by atoms with E-state index in [4.69, 9.17) is 28.2 Å². The highest BCUT2D eigenvalue weighted by molar-refractivity contribution is 6.31. The molecule has 2 aromatic heterocycles. The van der Waals surface area contributed by atoms with E-state index in [0.29, 0.717) is 10.8 Å². The molecule has 4 aromatic rings. The molecule has 0 aliphatic heterocycles. The third-order valence-corrected chi connectivity index (χ3v) is 4.39. The Morgan fingerprint density at radius 2 is 1.66 bits per heavy atom. The van der Waals surface area contributed by atoms with Crippen molar-refractivity contribution in [3.8, 4) is 17.6 Å². The van der Waals surface area contributed by atoms with Gasteiger partial charge in [-0.05, 0) is 30.3 Å². The summed E-state index contributed by atoms with van der Waals surface area (Å²) in [5, 5.41) is 25.7. The Hall–Kier alpha value is -5.79. The Labute approximate surface area is 220 Å². The fourth-order valence-corrected chi connectivity index (χ4v) is 2.67. The number of carbonyl (C=O) groups excluding carboxylic acids is 2. The summed E-state index contributed by atoms with van der Waals surface area (Å²) in [7, 11) is 0. The molecule has 2 heterocycles. The number of benzene rings is 2. The lowest BCUT2D eigenvalue weighted by molar-refractivity contribution is 0.215. The van der Waals surface area contributed by atoms with Crippen molar-refractivity contribution in [2.24, 2.45) is 0 Å². The van der Waals surface area contributed by atoms with Crippen molar-refractivity contribution in [1.29, 1.82) is 5.26 Å². The lowest BCUT2D eigenvalue weighted by Gasteiger charge is -2.08. The number of nitrogens with zero attached hydrogens (tertiary/aromatic N) is 6. The van der Waals surface area contributed by atoms with E-state index >= 15 is 0 Å². The summed E-state index contributed by atoms with van der Waals surface area (Å²) in [6.45, 7) is 6.71. The van der Waals surface area contributed by atoms with Crippen LogP contribution in [0.4, 0.5) is 32.7 Å². The molecule has 4 rings (SSSR count). The van der Waals surface area contributed by atoms with Crippen LogP contribution in [0.25, 0.3) is 4.85 Å². The van der Waals surface area contributed by atoms with Crippen LogP contribution >= 0.6 is 11.6 Å². The van der Waals surface area contributed by atoms with E-state index in [0.717, 1.165) is 0 Å². The first-order valence-electron chi connectivity index (χ1n) is 10.4. The number of rotatable bonds is 4. The molecule has 0 aliphatic carbocycles. The summed E-state index contributed by atoms with van der Waals surface area (Å²) in [4.78, 5) is 41.4. The lowest BCUT2D eigenvalue weighted by atomic mass is 10.3. The smallest absolute Gasteiger partial charge is 0.418 e. The predicted octanol–water partition coefficient (Wildman–Crippen LogP) is 4.99. The molecule has 0 radical (unpaired) electrons. The number of amides is 3. The highest BCUT2D eigenvalue weighted by Crippen LogP contribution is 2.26. The molecule has 0 fully saturated rings. The van der Waals surface area contributed by atoms with Crippen LogP contribution in [0.5, 0.6) is 11.5 Å². The first-order chi connectivity index (χ1) is 18.4. The zero-order chi connectivity index (χ0) is 27.3. The monoisotopic (exact) mass is 529 g/mol. The van der Waals surface area contributed by atoms with Gasteiger partial charge < -0.3 is 20.0 Å². The standard InChI is InChI=1S/C12H8ClN5O2.C12H8N4O2/c13-7-1-2-10(19)9(3-7)17-12(20)18-11-6-15-8(4-14)5-16-11;1-13-10-7-15-11(8-14-10)16-12(17)18-9-5-3-2-4-6-9/h1-3,5-6,19H,(H2,16,17,18,20);2-8H,(H,15,16,17). The summed E-state index contributed by atoms with van der Waals surface area (Å²) in [5.74, 6) is 0.875. The average molecular weight is 530 g/mol. The predicted molar refractivity (Wildman–Crippen MR) is 137 cm³/mol. The van der Waals surface area contributed by atoms with E-state index in [1.807, 2.05) is 12.1 Å². The molecule has 2 aromatic carbocycles. The van der Waals surface area contributed by atoms with Crippen molar-refractivity contribution in [3.05, 3.63) is 95.5 Å². The van der Waals surface area contributed by atoms with Crippen LogP contribution in [-0.4, -0.2) is 37.2 Å². The van der Waals surface area contributed by atoms with Crippen molar-refractivity contribution < 1.29 is 19.4 Å². The van der Waals surface area contributed by atoms with Gasteiger partial charge in [-0.25, -0.2) is 24.5 Å². The highest BCUT2D eigenvalue weighted by atomic mass is 35.5. The molecule has 0 saturated carbocycles. The number of urea groups is 1. The first kappa shape index (κ1) is 26.8. The van der Waals surface area contributed by atoms with Crippen LogP contribution < -0.4 is 20.7 Å². The van der Waals surface area contributed by atoms with Gasteiger partial charge in [-0.2, -0.15) is 5.26 Å². The molecule has 3 amide bonds. The summed E-state index contributed by atoms with van der Waals surface area (Å²) >= 11 is 5.76. The molecule has 4 N–H and O–H groups in total. The second-order valence-electron chi connectivity index (χ2n) is 6.84. The number of nitriles is 1. The van der Waals surface area contributed by atoms with Crippen LogP contribution in [0.15, 0.2) is 73.3 Å². The van der Waals surface area contributed by atoms with Gasteiger partial charge in [0.05, 0.1) is 24.3 Å². The lowest BCUT2D eigenvalue weighted by Crippen LogP contribution is -2.20.